The maximum Gasteiger partial charge on any atom is 0.391 e. The third-order valence-electron chi connectivity index (χ3n) is 3.63. The Morgan fingerprint density at radius 2 is 1.85 bits per heavy atom. The van der Waals surface area contributed by atoms with Gasteiger partial charge in [-0.2, -0.15) is 13.2 Å². The van der Waals surface area contributed by atoms with Gasteiger partial charge < -0.3 is 10.5 Å². The van der Waals surface area contributed by atoms with Crippen molar-refractivity contribution in [3.63, 3.8) is 0 Å². The standard InChI is InChI=1S/C14H19F3N2O/c15-14(16,17)11-5-7-19(8-6-11)9-10-20-13-4-2-1-3-12(13)18/h1-4,11H,5-10,18H2. The molecule has 0 saturated carbocycles. The maximum atomic E-state index is 12.5. The Bertz CT molecular complexity index is 429. The molecule has 0 aliphatic carbocycles. The molecule has 112 valence electrons. The lowest BCUT2D eigenvalue weighted by Crippen LogP contribution is -2.40. The van der Waals surface area contributed by atoms with Crippen LogP contribution in [0.5, 0.6) is 5.75 Å². The number of halogens is 3. The van der Waals surface area contributed by atoms with Gasteiger partial charge in [-0.3, -0.25) is 4.90 Å². The first kappa shape index (κ1) is 15.0. The summed E-state index contributed by atoms with van der Waals surface area (Å²) in [5.74, 6) is -0.526. The third kappa shape index (κ3) is 4.03. The average Bonchev–Trinajstić information content (AvgIpc) is 2.40. The molecule has 1 aromatic rings. The molecule has 20 heavy (non-hydrogen) atoms. The van der Waals surface area contributed by atoms with Crippen LogP contribution in [0.2, 0.25) is 0 Å². The Morgan fingerprint density at radius 3 is 2.45 bits per heavy atom. The first-order valence-corrected chi connectivity index (χ1v) is 6.73. The molecule has 1 fully saturated rings. The van der Waals surface area contributed by atoms with Crippen LogP contribution in [0.1, 0.15) is 12.8 Å². The Hall–Kier alpha value is -1.43. The van der Waals surface area contributed by atoms with Crippen LogP contribution < -0.4 is 10.5 Å². The fraction of sp³-hybridized carbons (Fsp3) is 0.571. The number of benzene rings is 1. The summed E-state index contributed by atoms with van der Waals surface area (Å²) < 4.78 is 43.1. The molecule has 2 N–H and O–H groups in total. The van der Waals surface area contributed by atoms with E-state index in [0.29, 0.717) is 37.7 Å². The lowest BCUT2D eigenvalue weighted by Gasteiger charge is -2.32. The highest BCUT2D eigenvalue weighted by molar-refractivity contribution is 5.51. The quantitative estimate of drug-likeness (QED) is 0.866. The van der Waals surface area contributed by atoms with E-state index in [-0.39, 0.29) is 12.8 Å². The topological polar surface area (TPSA) is 38.5 Å². The van der Waals surface area contributed by atoms with E-state index in [1.165, 1.54) is 0 Å². The normalized spacial score (nSPS) is 18.1. The number of alkyl halides is 3. The number of likely N-dealkylation sites (tertiary alicyclic amines) is 1. The summed E-state index contributed by atoms with van der Waals surface area (Å²) >= 11 is 0. The molecule has 0 bridgehead atoms. The first-order chi connectivity index (χ1) is 9.47. The summed E-state index contributed by atoms with van der Waals surface area (Å²) in [5, 5.41) is 0. The largest absolute Gasteiger partial charge is 0.490 e. The van der Waals surface area contributed by atoms with Crippen LogP contribution >= 0.6 is 0 Å². The molecule has 1 saturated heterocycles. The second-order valence-electron chi connectivity index (χ2n) is 5.04. The highest BCUT2D eigenvalue weighted by Crippen LogP contribution is 2.33. The summed E-state index contributed by atoms with van der Waals surface area (Å²) in [5.41, 5.74) is 6.31. The van der Waals surface area contributed by atoms with Gasteiger partial charge in [0.1, 0.15) is 12.4 Å². The fourth-order valence-electron chi connectivity index (χ4n) is 2.38. The second kappa shape index (κ2) is 6.35. The predicted molar refractivity (Wildman–Crippen MR) is 71.6 cm³/mol. The van der Waals surface area contributed by atoms with Crippen molar-refractivity contribution in [1.82, 2.24) is 4.90 Å². The molecule has 3 nitrogen and oxygen atoms in total. The Balaban J connectivity index is 1.71. The van der Waals surface area contributed by atoms with Crippen LogP contribution in [0.4, 0.5) is 18.9 Å². The van der Waals surface area contributed by atoms with Crippen LogP contribution in [0.15, 0.2) is 24.3 Å². The third-order valence-corrected chi connectivity index (χ3v) is 3.63. The van der Waals surface area contributed by atoms with Crippen LogP contribution in [-0.4, -0.2) is 37.3 Å². The smallest absolute Gasteiger partial charge is 0.391 e. The summed E-state index contributed by atoms with van der Waals surface area (Å²) in [6.07, 6.45) is -3.70. The van der Waals surface area contributed by atoms with E-state index in [2.05, 4.69) is 0 Å². The predicted octanol–water partition coefficient (Wildman–Crippen LogP) is 2.92. The number of ether oxygens (including phenoxy) is 1. The summed E-state index contributed by atoms with van der Waals surface area (Å²) in [4.78, 5) is 2.00. The molecule has 0 aromatic heterocycles. The molecular weight excluding hydrogens is 269 g/mol. The molecule has 0 spiro atoms. The zero-order chi connectivity index (χ0) is 14.6. The van der Waals surface area contributed by atoms with Gasteiger partial charge in [0.15, 0.2) is 0 Å². The zero-order valence-corrected chi connectivity index (χ0v) is 11.2. The number of nitrogen functional groups attached to an aromatic ring is 1. The maximum absolute atomic E-state index is 12.5. The minimum Gasteiger partial charge on any atom is -0.490 e. The number of nitrogens with zero attached hydrogens (tertiary/aromatic N) is 1. The van der Waals surface area contributed by atoms with Crippen LogP contribution in [0, 0.1) is 5.92 Å². The van der Waals surface area contributed by atoms with E-state index in [1.54, 1.807) is 12.1 Å². The zero-order valence-electron chi connectivity index (χ0n) is 11.2. The average molecular weight is 288 g/mol. The number of anilines is 1. The van der Waals surface area contributed by atoms with Crippen molar-refractivity contribution in [1.29, 1.82) is 0 Å². The highest BCUT2D eigenvalue weighted by Gasteiger charge is 2.40. The molecule has 2 rings (SSSR count). The molecule has 0 amide bonds. The van der Waals surface area contributed by atoms with E-state index in [0.717, 1.165) is 0 Å². The number of rotatable bonds is 4. The van der Waals surface area contributed by atoms with Crippen LogP contribution in [-0.2, 0) is 0 Å². The van der Waals surface area contributed by atoms with Crippen molar-refractivity contribution in [3.05, 3.63) is 24.3 Å². The van der Waals surface area contributed by atoms with Gasteiger partial charge in [-0.25, -0.2) is 0 Å². The van der Waals surface area contributed by atoms with Crippen molar-refractivity contribution < 1.29 is 17.9 Å². The van der Waals surface area contributed by atoms with Crippen molar-refractivity contribution in [2.45, 2.75) is 19.0 Å². The summed E-state index contributed by atoms with van der Waals surface area (Å²) in [6.45, 7) is 2.00. The van der Waals surface area contributed by atoms with Crippen LogP contribution in [0.25, 0.3) is 0 Å². The minimum absolute atomic E-state index is 0.178. The van der Waals surface area contributed by atoms with E-state index >= 15 is 0 Å². The molecule has 0 radical (unpaired) electrons. The highest BCUT2D eigenvalue weighted by atomic mass is 19.4. The van der Waals surface area contributed by atoms with Crippen LogP contribution in [0.3, 0.4) is 0 Å². The van der Waals surface area contributed by atoms with Crippen molar-refractivity contribution in [3.8, 4) is 5.75 Å². The molecule has 0 atom stereocenters. The van der Waals surface area contributed by atoms with E-state index in [1.807, 2.05) is 17.0 Å². The number of hydrogen-bond acceptors (Lipinski definition) is 3. The lowest BCUT2D eigenvalue weighted by molar-refractivity contribution is -0.185. The second-order valence-corrected chi connectivity index (χ2v) is 5.04. The Kier molecular flexibility index (Phi) is 4.75. The number of piperidine rings is 1. The van der Waals surface area contributed by atoms with Crippen molar-refractivity contribution in [2.75, 3.05) is 32.0 Å². The molecule has 1 aromatic carbocycles. The van der Waals surface area contributed by atoms with Gasteiger partial charge in [-0.15, -0.1) is 0 Å². The van der Waals surface area contributed by atoms with Crippen molar-refractivity contribution in [2.24, 2.45) is 5.92 Å². The molecular formula is C14H19F3N2O. The Labute approximate surface area is 116 Å². The SMILES string of the molecule is Nc1ccccc1OCCN1CCC(C(F)(F)F)CC1. The molecule has 1 aliphatic heterocycles. The van der Waals surface area contributed by atoms with E-state index in [9.17, 15) is 13.2 Å². The fourth-order valence-corrected chi connectivity index (χ4v) is 2.38. The molecule has 0 unspecified atom stereocenters. The molecule has 6 heteroatoms. The number of para-hydroxylation sites is 2. The van der Waals surface area contributed by atoms with Crippen molar-refractivity contribution >= 4 is 5.69 Å². The van der Waals surface area contributed by atoms with Gasteiger partial charge >= 0.3 is 6.18 Å². The molecule has 1 aliphatic rings. The van der Waals surface area contributed by atoms with Gasteiger partial charge in [0, 0.05) is 6.54 Å². The first-order valence-electron chi connectivity index (χ1n) is 6.73. The van der Waals surface area contributed by atoms with E-state index in [4.69, 9.17) is 10.5 Å². The number of nitrogens with two attached hydrogens (primary N) is 1. The summed E-state index contributed by atoms with van der Waals surface area (Å²) in [6, 6.07) is 7.19. The minimum atomic E-state index is -4.05. The van der Waals surface area contributed by atoms with Gasteiger partial charge in [0.2, 0.25) is 0 Å². The number of hydrogen-bond donors (Lipinski definition) is 1. The molecule has 1 heterocycles. The van der Waals surface area contributed by atoms with Gasteiger partial charge in [-0.1, -0.05) is 12.1 Å². The van der Waals surface area contributed by atoms with Gasteiger partial charge in [0.25, 0.3) is 0 Å². The lowest BCUT2D eigenvalue weighted by atomic mass is 9.96. The monoisotopic (exact) mass is 288 g/mol. The Morgan fingerprint density at radius 1 is 1.20 bits per heavy atom. The van der Waals surface area contributed by atoms with Gasteiger partial charge in [0.05, 0.1) is 11.6 Å². The summed E-state index contributed by atoms with van der Waals surface area (Å²) in [7, 11) is 0. The van der Waals surface area contributed by atoms with Gasteiger partial charge in [-0.05, 0) is 38.1 Å². The van der Waals surface area contributed by atoms with E-state index < -0.39 is 12.1 Å².